The van der Waals surface area contributed by atoms with Crippen LogP contribution in [0.4, 0.5) is 0 Å². The Morgan fingerprint density at radius 1 is 0.923 bits per heavy atom. The van der Waals surface area contributed by atoms with Crippen LogP contribution >= 0.6 is 0 Å². The second-order valence-electron chi connectivity index (χ2n) is 4.80. The van der Waals surface area contributed by atoms with Gasteiger partial charge in [-0.2, -0.15) is 0 Å². The molecule has 0 spiro atoms. The Kier molecular flexibility index (Phi) is 1.59. The summed E-state index contributed by atoms with van der Waals surface area (Å²) in [5.74, 6) is 3.49. The molecule has 2 saturated carbocycles. The molecular formula is C11H16O2. The first-order chi connectivity index (χ1) is 6.36. The van der Waals surface area contributed by atoms with Crippen LogP contribution < -0.4 is 0 Å². The molecule has 4 aliphatic rings. The van der Waals surface area contributed by atoms with Gasteiger partial charge in [0, 0.05) is 13.2 Å². The lowest BCUT2D eigenvalue weighted by molar-refractivity contribution is 0.0207. The van der Waals surface area contributed by atoms with Crippen LogP contribution in [0.1, 0.15) is 6.42 Å². The van der Waals surface area contributed by atoms with Crippen molar-refractivity contribution in [1.29, 1.82) is 0 Å². The lowest BCUT2D eigenvalue weighted by Crippen LogP contribution is -2.42. The van der Waals surface area contributed by atoms with E-state index in [0.717, 1.165) is 11.8 Å². The van der Waals surface area contributed by atoms with E-state index in [2.05, 4.69) is 12.2 Å². The summed E-state index contributed by atoms with van der Waals surface area (Å²) >= 11 is 0. The molecule has 6 atom stereocenters. The van der Waals surface area contributed by atoms with Crippen molar-refractivity contribution in [3.05, 3.63) is 12.2 Å². The van der Waals surface area contributed by atoms with Gasteiger partial charge in [0.15, 0.2) is 0 Å². The Bertz CT molecular complexity index is 224. The van der Waals surface area contributed by atoms with Gasteiger partial charge in [0.1, 0.15) is 0 Å². The molecule has 0 heterocycles. The van der Waals surface area contributed by atoms with E-state index < -0.39 is 0 Å². The van der Waals surface area contributed by atoms with E-state index in [0.29, 0.717) is 23.7 Å². The highest BCUT2D eigenvalue weighted by Gasteiger charge is 2.58. The molecule has 0 amide bonds. The minimum Gasteiger partial charge on any atom is -0.396 e. The third-order valence-electron chi connectivity index (χ3n) is 4.40. The molecule has 0 aliphatic heterocycles. The molecule has 0 aromatic heterocycles. The van der Waals surface area contributed by atoms with Crippen LogP contribution in [0, 0.1) is 35.5 Å². The van der Waals surface area contributed by atoms with Crippen LogP contribution in [0.5, 0.6) is 0 Å². The summed E-state index contributed by atoms with van der Waals surface area (Å²) in [5, 5.41) is 18.6. The van der Waals surface area contributed by atoms with Gasteiger partial charge in [-0.25, -0.2) is 0 Å². The van der Waals surface area contributed by atoms with Crippen LogP contribution in [-0.2, 0) is 0 Å². The second kappa shape index (κ2) is 2.58. The number of allylic oxidation sites excluding steroid dienone is 2. The lowest BCUT2D eigenvalue weighted by atomic mass is 9.63. The molecular weight excluding hydrogens is 164 g/mol. The first kappa shape index (κ1) is 8.01. The van der Waals surface area contributed by atoms with Crippen LogP contribution in [-0.4, -0.2) is 23.4 Å². The lowest BCUT2D eigenvalue weighted by Gasteiger charge is -2.43. The van der Waals surface area contributed by atoms with E-state index in [1.54, 1.807) is 0 Å². The number of hydrogen-bond acceptors (Lipinski definition) is 2. The van der Waals surface area contributed by atoms with Crippen LogP contribution in [0.2, 0.25) is 0 Å². The van der Waals surface area contributed by atoms with E-state index in [-0.39, 0.29) is 13.2 Å². The Hall–Kier alpha value is -0.340. The SMILES string of the molecule is OCC1C2C=CC(C1CO)C1CC21. The smallest absolute Gasteiger partial charge is 0.0468 e. The number of rotatable bonds is 2. The highest BCUT2D eigenvalue weighted by molar-refractivity contribution is 5.20. The average Bonchev–Trinajstić information content (AvgIpc) is 2.97. The standard InChI is InChI=1S/C11H16O2/c12-4-10-6-1-2-7(11(10)5-13)9-3-8(6)9/h1-2,6-13H,3-5H2. The molecule has 72 valence electrons. The molecule has 0 radical (unpaired) electrons. The van der Waals surface area contributed by atoms with E-state index in [1.165, 1.54) is 6.42 Å². The Balaban J connectivity index is 1.93. The summed E-state index contributed by atoms with van der Waals surface area (Å²) in [7, 11) is 0. The number of fused-ring (bicyclic) bond motifs is 1. The molecule has 0 aromatic rings. The fourth-order valence-corrected chi connectivity index (χ4v) is 3.67. The molecule has 2 heteroatoms. The first-order valence-corrected chi connectivity index (χ1v) is 5.27. The zero-order valence-corrected chi connectivity index (χ0v) is 7.63. The number of aliphatic hydroxyl groups excluding tert-OH is 2. The van der Waals surface area contributed by atoms with Gasteiger partial charge in [0.05, 0.1) is 0 Å². The van der Waals surface area contributed by atoms with Crippen molar-refractivity contribution in [2.75, 3.05) is 13.2 Å². The van der Waals surface area contributed by atoms with Crippen molar-refractivity contribution in [3.63, 3.8) is 0 Å². The van der Waals surface area contributed by atoms with Gasteiger partial charge in [0.25, 0.3) is 0 Å². The van der Waals surface area contributed by atoms with Gasteiger partial charge >= 0.3 is 0 Å². The molecule has 13 heavy (non-hydrogen) atoms. The van der Waals surface area contributed by atoms with Gasteiger partial charge in [-0.15, -0.1) is 0 Å². The van der Waals surface area contributed by atoms with E-state index >= 15 is 0 Å². The predicted octanol–water partition coefficient (Wildman–Crippen LogP) is 0.655. The highest BCUT2D eigenvalue weighted by Crippen LogP contribution is 2.63. The maximum atomic E-state index is 9.31. The largest absolute Gasteiger partial charge is 0.396 e. The summed E-state index contributed by atoms with van der Waals surface area (Å²) in [6.45, 7) is 0.500. The Morgan fingerprint density at radius 2 is 1.38 bits per heavy atom. The summed E-state index contributed by atoms with van der Waals surface area (Å²) < 4.78 is 0. The monoisotopic (exact) mass is 180 g/mol. The van der Waals surface area contributed by atoms with Crippen LogP contribution in [0.3, 0.4) is 0 Å². The fraction of sp³-hybridized carbons (Fsp3) is 0.818. The molecule has 2 N–H and O–H groups in total. The van der Waals surface area contributed by atoms with Crippen molar-refractivity contribution in [2.24, 2.45) is 35.5 Å². The zero-order chi connectivity index (χ0) is 9.00. The molecule has 2 bridgehead atoms. The zero-order valence-electron chi connectivity index (χ0n) is 7.63. The molecule has 0 saturated heterocycles. The van der Waals surface area contributed by atoms with Crippen molar-refractivity contribution >= 4 is 0 Å². The third kappa shape index (κ3) is 0.906. The second-order valence-corrected chi connectivity index (χ2v) is 4.80. The molecule has 6 unspecified atom stereocenters. The molecule has 4 aliphatic carbocycles. The highest BCUT2D eigenvalue weighted by atomic mass is 16.3. The number of aliphatic hydroxyl groups is 2. The number of hydrogen-bond donors (Lipinski definition) is 2. The van der Waals surface area contributed by atoms with Crippen molar-refractivity contribution in [1.82, 2.24) is 0 Å². The summed E-state index contributed by atoms with van der Waals surface area (Å²) in [6, 6.07) is 0. The van der Waals surface area contributed by atoms with Gasteiger partial charge in [-0.3, -0.25) is 0 Å². The third-order valence-corrected chi connectivity index (χ3v) is 4.40. The Morgan fingerprint density at radius 3 is 1.77 bits per heavy atom. The van der Waals surface area contributed by atoms with E-state index in [4.69, 9.17) is 0 Å². The van der Waals surface area contributed by atoms with Crippen molar-refractivity contribution < 1.29 is 10.2 Å². The topological polar surface area (TPSA) is 40.5 Å². The van der Waals surface area contributed by atoms with Gasteiger partial charge < -0.3 is 10.2 Å². The average molecular weight is 180 g/mol. The maximum absolute atomic E-state index is 9.31. The molecule has 2 nitrogen and oxygen atoms in total. The maximum Gasteiger partial charge on any atom is 0.0468 e. The molecule has 2 fully saturated rings. The fourth-order valence-electron chi connectivity index (χ4n) is 3.67. The molecule has 0 aromatic carbocycles. The quantitative estimate of drug-likeness (QED) is 0.613. The molecule has 4 rings (SSSR count). The minimum atomic E-state index is 0.250. The van der Waals surface area contributed by atoms with E-state index in [9.17, 15) is 10.2 Å². The summed E-state index contributed by atoms with van der Waals surface area (Å²) in [6.07, 6.45) is 5.90. The minimum absolute atomic E-state index is 0.250. The van der Waals surface area contributed by atoms with E-state index in [1.807, 2.05) is 0 Å². The first-order valence-electron chi connectivity index (χ1n) is 5.27. The summed E-state index contributed by atoms with van der Waals surface area (Å²) in [5.41, 5.74) is 0. The van der Waals surface area contributed by atoms with Crippen LogP contribution in [0.15, 0.2) is 12.2 Å². The van der Waals surface area contributed by atoms with Crippen LogP contribution in [0.25, 0.3) is 0 Å². The van der Waals surface area contributed by atoms with Gasteiger partial charge in [-0.1, -0.05) is 12.2 Å². The van der Waals surface area contributed by atoms with Crippen molar-refractivity contribution in [3.8, 4) is 0 Å². The summed E-state index contributed by atoms with van der Waals surface area (Å²) in [4.78, 5) is 0. The van der Waals surface area contributed by atoms with Gasteiger partial charge in [0.2, 0.25) is 0 Å². The van der Waals surface area contributed by atoms with Gasteiger partial charge in [-0.05, 0) is 41.9 Å². The normalized spacial score (nSPS) is 56.5. The predicted molar refractivity (Wildman–Crippen MR) is 48.9 cm³/mol. The Labute approximate surface area is 78.3 Å². The van der Waals surface area contributed by atoms with Crippen molar-refractivity contribution in [2.45, 2.75) is 6.42 Å².